The second-order valence-corrected chi connectivity index (χ2v) is 5.66. The summed E-state index contributed by atoms with van der Waals surface area (Å²) in [5.41, 5.74) is 0.00102. The predicted octanol–water partition coefficient (Wildman–Crippen LogP) is 3.09. The van der Waals surface area contributed by atoms with E-state index in [0.29, 0.717) is 11.5 Å². The summed E-state index contributed by atoms with van der Waals surface area (Å²) in [4.78, 5) is 14.3. The number of anilines is 1. The van der Waals surface area contributed by atoms with E-state index in [0.717, 1.165) is 31.8 Å². The van der Waals surface area contributed by atoms with Crippen LogP contribution in [0.4, 0.5) is 5.88 Å². The van der Waals surface area contributed by atoms with Crippen LogP contribution < -0.4 is 10.2 Å². The summed E-state index contributed by atoms with van der Waals surface area (Å²) in [6, 6.07) is 9.08. The molecular formula is C18H19N3O3. The normalized spacial score (nSPS) is 15.1. The summed E-state index contributed by atoms with van der Waals surface area (Å²) < 4.78 is 10.9. The molecule has 1 aliphatic rings. The lowest BCUT2D eigenvalue weighted by atomic mass is 10.1. The van der Waals surface area contributed by atoms with Gasteiger partial charge in [0, 0.05) is 25.2 Å². The average molecular weight is 325 g/mol. The molecule has 1 fully saturated rings. The number of carbonyl (C=O) groups excluding carboxylic acids is 1. The van der Waals surface area contributed by atoms with Gasteiger partial charge in [0.05, 0.1) is 12.8 Å². The highest BCUT2D eigenvalue weighted by Gasteiger charge is 2.15. The van der Waals surface area contributed by atoms with Gasteiger partial charge in [0.25, 0.3) is 5.91 Å². The van der Waals surface area contributed by atoms with Gasteiger partial charge in [-0.3, -0.25) is 4.79 Å². The van der Waals surface area contributed by atoms with Crippen molar-refractivity contribution < 1.29 is 13.6 Å². The first kappa shape index (κ1) is 15.9. The molecule has 0 spiro atoms. The molecule has 1 N–H and O–H groups in total. The van der Waals surface area contributed by atoms with Crippen molar-refractivity contribution in [2.75, 3.05) is 18.0 Å². The highest BCUT2D eigenvalue weighted by atomic mass is 16.4. The number of furan rings is 2. The van der Waals surface area contributed by atoms with E-state index in [1.54, 1.807) is 18.2 Å². The zero-order valence-electron chi connectivity index (χ0n) is 13.3. The zero-order chi connectivity index (χ0) is 16.8. The molecule has 0 saturated carbocycles. The largest absolute Gasteiger partial charge is 0.467 e. The minimum Gasteiger partial charge on any atom is -0.467 e. The molecular weight excluding hydrogens is 306 g/mol. The summed E-state index contributed by atoms with van der Waals surface area (Å²) in [5.74, 6) is 1.46. The molecule has 3 rings (SSSR count). The van der Waals surface area contributed by atoms with Crippen LogP contribution in [0.1, 0.15) is 30.8 Å². The maximum atomic E-state index is 12.1. The van der Waals surface area contributed by atoms with Crippen molar-refractivity contribution in [2.24, 2.45) is 0 Å². The van der Waals surface area contributed by atoms with Crippen LogP contribution in [0.2, 0.25) is 0 Å². The fourth-order valence-electron chi connectivity index (χ4n) is 2.67. The van der Waals surface area contributed by atoms with Crippen LogP contribution in [0, 0.1) is 11.3 Å². The van der Waals surface area contributed by atoms with Gasteiger partial charge in [-0.25, -0.2) is 0 Å². The number of amides is 1. The molecule has 0 bridgehead atoms. The first-order chi connectivity index (χ1) is 11.8. The molecule has 0 radical (unpaired) electrons. The molecule has 1 saturated heterocycles. The maximum Gasteiger partial charge on any atom is 0.262 e. The van der Waals surface area contributed by atoms with Crippen LogP contribution in [0.15, 0.2) is 44.9 Å². The van der Waals surface area contributed by atoms with Gasteiger partial charge in [0.1, 0.15) is 23.2 Å². The minimum absolute atomic E-state index is 0.00102. The Morgan fingerprint density at radius 1 is 1.29 bits per heavy atom. The molecule has 1 aliphatic heterocycles. The van der Waals surface area contributed by atoms with E-state index in [2.05, 4.69) is 10.2 Å². The van der Waals surface area contributed by atoms with Gasteiger partial charge in [-0.05, 0) is 37.5 Å². The Labute approximate surface area is 140 Å². The summed E-state index contributed by atoms with van der Waals surface area (Å²) in [6.07, 6.45) is 6.56. The van der Waals surface area contributed by atoms with Crippen molar-refractivity contribution in [3.05, 3.63) is 47.6 Å². The molecule has 3 heterocycles. The Balaban J connectivity index is 1.65. The second-order valence-electron chi connectivity index (χ2n) is 5.66. The summed E-state index contributed by atoms with van der Waals surface area (Å²) in [5, 5.41) is 11.9. The van der Waals surface area contributed by atoms with Crippen molar-refractivity contribution in [3.8, 4) is 6.07 Å². The van der Waals surface area contributed by atoms with E-state index in [1.165, 1.54) is 18.8 Å². The average Bonchev–Trinajstić information content (AvgIpc) is 3.30. The third-order valence-corrected chi connectivity index (χ3v) is 3.94. The van der Waals surface area contributed by atoms with E-state index in [4.69, 9.17) is 8.83 Å². The van der Waals surface area contributed by atoms with Crippen molar-refractivity contribution in [1.29, 1.82) is 5.26 Å². The molecule has 6 nitrogen and oxygen atoms in total. The Bertz CT molecular complexity index is 747. The van der Waals surface area contributed by atoms with E-state index in [9.17, 15) is 10.1 Å². The number of nitrogens with one attached hydrogen (secondary N) is 1. The quantitative estimate of drug-likeness (QED) is 0.675. The van der Waals surface area contributed by atoms with Gasteiger partial charge in [-0.2, -0.15) is 5.26 Å². The minimum atomic E-state index is -0.454. The molecule has 0 aliphatic carbocycles. The first-order valence-corrected chi connectivity index (χ1v) is 8.03. The lowest BCUT2D eigenvalue weighted by Crippen LogP contribution is -2.28. The molecule has 0 aromatic carbocycles. The van der Waals surface area contributed by atoms with Gasteiger partial charge in [-0.15, -0.1) is 0 Å². The van der Waals surface area contributed by atoms with Gasteiger partial charge < -0.3 is 19.1 Å². The molecule has 2 aromatic heterocycles. The van der Waals surface area contributed by atoms with Crippen molar-refractivity contribution in [1.82, 2.24) is 5.32 Å². The summed E-state index contributed by atoms with van der Waals surface area (Å²) in [6.45, 7) is 2.19. The standard InChI is InChI=1S/C18H19N3O3/c19-12-14(18(22)20-13-16-5-4-10-23-16)11-15-6-7-17(24-15)21-8-2-1-3-9-21/h4-7,10-11H,1-3,8-9,13H2,(H,20,22)/b14-11-. The molecule has 24 heavy (non-hydrogen) atoms. The smallest absolute Gasteiger partial charge is 0.262 e. The Kier molecular flexibility index (Phi) is 5.02. The molecule has 1 amide bonds. The number of hydrogen-bond donors (Lipinski definition) is 1. The maximum absolute atomic E-state index is 12.1. The van der Waals surface area contributed by atoms with E-state index in [-0.39, 0.29) is 12.1 Å². The lowest BCUT2D eigenvalue weighted by molar-refractivity contribution is -0.117. The topological polar surface area (TPSA) is 82.4 Å². The van der Waals surface area contributed by atoms with Crippen molar-refractivity contribution in [3.63, 3.8) is 0 Å². The molecule has 124 valence electrons. The van der Waals surface area contributed by atoms with Gasteiger partial charge >= 0.3 is 0 Å². The van der Waals surface area contributed by atoms with Crippen molar-refractivity contribution >= 4 is 17.9 Å². The molecule has 2 aromatic rings. The number of piperidine rings is 1. The van der Waals surface area contributed by atoms with Crippen LogP contribution in [-0.4, -0.2) is 19.0 Å². The van der Waals surface area contributed by atoms with Crippen LogP contribution >= 0.6 is 0 Å². The number of rotatable bonds is 5. The third-order valence-electron chi connectivity index (χ3n) is 3.94. The highest BCUT2D eigenvalue weighted by molar-refractivity contribution is 6.01. The van der Waals surface area contributed by atoms with Crippen molar-refractivity contribution in [2.45, 2.75) is 25.8 Å². The number of nitriles is 1. The predicted molar refractivity (Wildman–Crippen MR) is 88.9 cm³/mol. The number of hydrogen-bond acceptors (Lipinski definition) is 5. The van der Waals surface area contributed by atoms with Crippen LogP contribution in [0.5, 0.6) is 0 Å². The highest BCUT2D eigenvalue weighted by Crippen LogP contribution is 2.23. The van der Waals surface area contributed by atoms with Crippen LogP contribution in [0.3, 0.4) is 0 Å². The molecule has 0 unspecified atom stereocenters. The van der Waals surface area contributed by atoms with Crippen LogP contribution in [0.25, 0.3) is 6.08 Å². The zero-order valence-corrected chi connectivity index (χ0v) is 13.3. The number of nitrogens with zero attached hydrogens (tertiary/aromatic N) is 2. The molecule has 6 heteroatoms. The summed E-state index contributed by atoms with van der Waals surface area (Å²) in [7, 11) is 0. The van der Waals surface area contributed by atoms with Gasteiger partial charge in [0.2, 0.25) is 0 Å². The Hall–Kier alpha value is -2.94. The lowest BCUT2D eigenvalue weighted by Gasteiger charge is -2.25. The van der Waals surface area contributed by atoms with E-state index in [1.807, 2.05) is 12.1 Å². The van der Waals surface area contributed by atoms with Gasteiger partial charge in [-0.1, -0.05) is 0 Å². The Morgan fingerprint density at radius 2 is 2.12 bits per heavy atom. The SMILES string of the molecule is N#C/C(=C/c1ccc(N2CCCCC2)o1)C(=O)NCc1ccco1. The van der Waals surface area contributed by atoms with E-state index >= 15 is 0 Å². The second kappa shape index (κ2) is 7.55. The third kappa shape index (κ3) is 3.87. The monoisotopic (exact) mass is 325 g/mol. The van der Waals surface area contributed by atoms with E-state index < -0.39 is 5.91 Å². The summed E-state index contributed by atoms with van der Waals surface area (Å²) >= 11 is 0. The Morgan fingerprint density at radius 3 is 2.83 bits per heavy atom. The number of carbonyl (C=O) groups is 1. The van der Waals surface area contributed by atoms with Gasteiger partial charge in [0.15, 0.2) is 5.88 Å². The fraction of sp³-hybridized carbons (Fsp3) is 0.333. The fourth-order valence-corrected chi connectivity index (χ4v) is 2.67. The first-order valence-electron chi connectivity index (χ1n) is 8.03. The molecule has 0 atom stereocenters. The van der Waals surface area contributed by atoms with Crippen LogP contribution in [-0.2, 0) is 11.3 Å².